The van der Waals surface area contributed by atoms with E-state index in [0.717, 1.165) is 59.3 Å². The second kappa shape index (κ2) is 6.91. The van der Waals surface area contributed by atoms with Gasteiger partial charge in [0.1, 0.15) is 11.3 Å². The topological polar surface area (TPSA) is 57.7 Å². The van der Waals surface area contributed by atoms with Crippen LogP contribution in [0, 0.1) is 5.41 Å². The second-order valence-corrected chi connectivity index (χ2v) is 9.23. The monoisotopic (exact) mass is 367 g/mol. The van der Waals surface area contributed by atoms with Crippen LogP contribution in [0.1, 0.15) is 26.3 Å². The summed E-state index contributed by atoms with van der Waals surface area (Å²) < 4.78 is 0. The summed E-state index contributed by atoms with van der Waals surface area (Å²) in [5, 5.41) is 0. The molecule has 3 aromatic heterocycles. The van der Waals surface area contributed by atoms with Gasteiger partial charge in [0.05, 0.1) is 11.9 Å². The lowest BCUT2D eigenvalue weighted by molar-refractivity contribution is 0.412. The Balaban J connectivity index is 1.69. The van der Waals surface area contributed by atoms with Gasteiger partial charge in [-0.3, -0.25) is 0 Å². The highest BCUT2D eigenvalue weighted by Gasteiger charge is 2.17. The smallest absolute Gasteiger partial charge is 0.156 e. The van der Waals surface area contributed by atoms with E-state index >= 15 is 0 Å². The lowest BCUT2D eigenvalue weighted by Crippen LogP contribution is -2.33. The molecule has 1 aliphatic heterocycles. The predicted molar refractivity (Wildman–Crippen MR) is 110 cm³/mol. The molecule has 0 amide bonds. The van der Waals surface area contributed by atoms with Gasteiger partial charge in [0.25, 0.3) is 0 Å². The third kappa shape index (κ3) is 3.70. The molecule has 6 heteroatoms. The van der Waals surface area contributed by atoms with Crippen LogP contribution in [0.2, 0.25) is 0 Å². The summed E-state index contributed by atoms with van der Waals surface area (Å²) in [6.45, 7) is 8.85. The zero-order chi connectivity index (χ0) is 18.1. The van der Waals surface area contributed by atoms with Gasteiger partial charge in [-0.15, -0.1) is 0 Å². The van der Waals surface area contributed by atoms with Crippen LogP contribution >= 0.6 is 11.8 Å². The Morgan fingerprint density at radius 3 is 2.77 bits per heavy atom. The van der Waals surface area contributed by atoms with Crippen LogP contribution in [0.25, 0.3) is 22.4 Å². The maximum Gasteiger partial charge on any atom is 0.156 e. The van der Waals surface area contributed by atoms with Gasteiger partial charge >= 0.3 is 0 Å². The minimum absolute atomic E-state index is 0.211. The Bertz CT molecular complexity index is 906. The van der Waals surface area contributed by atoms with E-state index in [1.807, 2.05) is 36.4 Å². The van der Waals surface area contributed by atoms with Crippen LogP contribution in [0.15, 0.2) is 30.7 Å². The Hall–Kier alpha value is -2.08. The normalized spacial score (nSPS) is 15.6. The Morgan fingerprint density at radius 1 is 1.19 bits per heavy atom. The summed E-state index contributed by atoms with van der Waals surface area (Å²) in [6.07, 6.45) is 6.75. The van der Waals surface area contributed by atoms with Crippen LogP contribution in [0.5, 0.6) is 0 Å². The fourth-order valence-corrected chi connectivity index (χ4v) is 4.23. The molecule has 26 heavy (non-hydrogen) atoms. The summed E-state index contributed by atoms with van der Waals surface area (Å²) in [5.41, 5.74) is 5.25. The van der Waals surface area contributed by atoms with Crippen molar-refractivity contribution >= 4 is 28.7 Å². The molecule has 4 heterocycles. The van der Waals surface area contributed by atoms with Crippen LogP contribution in [-0.2, 0) is 6.42 Å². The number of thioether (sulfide) groups is 1. The highest BCUT2D eigenvalue weighted by Crippen LogP contribution is 2.28. The third-order valence-corrected chi connectivity index (χ3v) is 5.50. The molecule has 1 fully saturated rings. The van der Waals surface area contributed by atoms with Crippen molar-refractivity contribution in [3.8, 4) is 11.3 Å². The van der Waals surface area contributed by atoms with E-state index in [4.69, 9.17) is 4.98 Å². The SMILES string of the molecule is CC(C)(C)Cc1c[nH]c2ncc(-c3ccnc(N4CCSCC4)c3)nc12. The molecule has 1 saturated heterocycles. The number of nitrogens with zero attached hydrogens (tertiary/aromatic N) is 4. The van der Waals surface area contributed by atoms with E-state index in [9.17, 15) is 0 Å². The lowest BCUT2D eigenvalue weighted by Gasteiger charge is -2.27. The Morgan fingerprint density at radius 2 is 2.00 bits per heavy atom. The fourth-order valence-electron chi connectivity index (χ4n) is 3.33. The first-order chi connectivity index (χ1) is 12.5. The van der Waals surface area contributed by atoms with Crippen molar-refractivity contribution in [1.29, 1.82) is 0 Å². The minimum atomic E-state index is 0.211. The third-order valence-electron chi connectivity index (χ3n) is 4.56. The summed E-state index contributed by atoms with van der Waals surface area (Å²) in [5.74, 6) is 3.36. The van der Waals surface area contributed by atoms with Gasteiger partial charge in [0, 0.05) is 42.6 Å². The predicted octanol–water partition coefficient (Wildman–Crippen LogP) is 4.16. The van der Waals surface area contributed by atoms with Crippen LogP contribution in [0.4, 0.5) is 5.82 Å². The molecular formula is C20H25N5S. The minimum Gasteiger partial charge on any atom is -0.355 e. The molecule has 0 aromatic carbocycles. The number of H-pyrrole nitrogens is 1. The lowest BCUT2D eigenvalue weighted by atomic mass is 9.89. The number of rotatable bonds is 3. The molecule has 0 atom stereocenters. The van der Waals surface area contributed by atoms with Crippen molar-refractivity contribution in [1.82, 2.24) is 19.9 Å². The largest absolute Gasteiger partial charge is 0.355 e. The average molecular weight is 368 g/mol. The van der Waals surface area contributed by atoms with Crippen molar-refractivity contribution in [3.05, 3.63) is 36.3 Å². The molecule has 4 rings (SSSR count). The van der Waals surface area contributed by atoms with E-state index in [-0.39, 0.29) is 5.41 Å². The zero-order valence-corrected chi connectivity index (χ0v) is 16.4. The van der Waals surface area contributed by atoms with E-state index in [0.29, 0.717) is 0 Å². The summed E-state index contributed by atoms with van der Waals surface area (Å²) in [4.78, 5) is 19.7. The van der Waals surface area contributed by atoms with Gasteiger partial charge in [0.2, 0.25) is 0 Å². The van der Waals surface area contributed by atoms with Crippen molar-refractivity contribution in [2.45, 2.75) is 27.2 Å². The van der Waals surface area contributed by atoms with Crippen molar-refractivity contribution in [2.75, 3.05) is 29.5 Å². The molecule has 1 aliphatic rings. The molecular weight excluding hydrogens is 342 g/mol. The maximum atomic E-state index is 4.93. The quantitative estimate of drug-likeness (QED) is 0.753. The molecule has 0 spiro atoms. The standard InChI is InChI=1S/C20H25N5S/c1-20(2,3)11-15-12-22-19-18(15)24-16(13-23-19)14-4-5-21-17(10-14)25-6-8-26-9-7-25/h4-5,10,12-13H,6-9,11H2,1-3H3,(H,22,23). The van der Waals surface area contributed by atoms with Crippen molar-refractivity contribution in [2.24, 2.45) is 5.41 Å². The molecule has 3 aromatic rings. The molecule has 136 valence electrons. The summed E-state index contributed by atoms with van der Waals surface area (Å²) in [6, 6.07) is 4.16. The average Bonchev–Trinajstić information content (AvgIpc) is 3.03. The fraction of sp³-hybridized carbons (Fsp3) is 0.450. The molecule has 1 N–H and O–H groups in total. The molecule has 0 unspecified atom stereocenters. The molecule has 0 radical (unpaired) electrons. The molecule has 0 saturated carbocycles. The highest BCUT2D eigenvalue weighted by molar-refractivity contribution is 7.99. The number of aromatic amines is 1. The molecule has 5 nitrogen and oxygen atoms in total. The van der Waals surface area contributed by atoms with E-state index in [1.54, 1.807) is 0 Å². The number of pyridine rings is 1. The molecule has 0 bridgehead atoms. The van der Waals surface area contributed by atoms with E-state index in [1.165, 1.54) is 5.56 Å². The number of hydrogen-bond acceptors (Lipinski definition) is 5. The second-order valence-electron chi connectivity index (χ2n) is 8.01. The summed E-state index contributed by atoms with van der Waals surface area (Å²) >= 11 is 2.01. The van der Waals surface area contributed by atoms with Crippen molar-refractivity contribution in [3.63, 3.8) is 0 Å². The van der Waals surface area contributed by atoms with Crippen molar-refractivity contribution < 1.29 is 0 Å². The van der Waals surface area contributed by atoms with Gasteiger partial charge in [-0.25, -0.2) is 15.0 Å². The van der Waals surface area contributed by atoms with Crippen LogP contribution in [0.3, 0.4) is 0 Å². The van der Waals surface area contributed by atoms with Gasteiger partial charge in [-0.1, -0.05) is 20.8 Å². The molecule has 0 aliphatic carbocycles. The summed E-state index contributed by atoms with van der Waals surface area (Å²) in [7, 11) is 0. The van der Waals surface area contributed by atoms with E-state index < -0.39 is 0 Å². The van der Waals surface area contributed by atoms with Crippen LogP contribution in [-0.4, -0.2) is 44.5 Å². The Kier molecular flexibility index (Phi) is 4.61. The number of hydrogen-bond donors (Lipinski definition) is 1. The van der Waals surface area contributed by atoms with Gasteiger partial charge in [-0.05, 0) is 29.5 Å². The van der Waals surface area contributed by atoms with Gasteiger partial charge < -0.3 is 9.88 Å². The van der Waals surface area contributed by atoms with Crippen LogP contribution < -0.4 is 4.90 Å². The number of anilines is 1. The first-order valence-corrected chi connectivity index (χ1v) is 10.3. The Labute approximate surface area is 158 Å². The highest BCUT2D eigenvalue weighted by atomic mass is 32.2. The first kappa shape index (κ1) is 17.3. The van der Waals surface area contributed by atoms with E-state index in [2.05, 4.69) is 46.7 Å². The number of aromatic nitrogens is 4. The van der Waals surface area contributed by atoms with Gasteiger partial charge in [-0.2, -0.15) is 11.8 Å². The number of nitrogens with one attached hydrogen (secondary N) is 1. The first-order valence-electron chi connectivity index (χ1n) is 9.12. The van der Waals surface area contributed by atoms with Gasteiger partial charge in [0.15, 0.2) is 5.65 Å². The zero-order valence-electron chi connectivity index (χ0n) is 15.6. The number of fused-ring (bicyclic) bond motifs is 1. The maximum absolute atomic E-state index is 4.93.